The normalized spacial score (nSPS) is 10.3. The highest BCUT2D eigenvalue weighted by Crippen LogP contribution is 2.32. The van der Waals surface area contributed by atoms with E-state index in [4.69, 9.17) is 21.4 Å². The van der Waals surface area contributed by atoms with E-state index in [-0.39, 0.29) is 11.3 Å². The van der Waals surface area contributed by atoms with E-state index in [0.29, 0.717) is 10.8 Å². The molecule has 0 saturated heterocycles. The van der Waals surface area contributed by atoms with Gasteiger partial charge < -0.3 is 9.84 Å². The Balaban J connectivity index is 2.40. The predicted octanol–water partition coefficient (Wildman–Crippen LogP) is 4.28. The zero-order valence-electron chi connectivity index (χ0n) is 9.98. The summed E-state index contributed by atoms with van der Waals surface area (Å²) in [4.78, 5) is 11.0. The molecular weight excluding hydrogens is 271 g/mol. The number of carboxylic acids is 1. The molecule has 0 aromatic heterocycles. The molecule has 3 nitrogen and oxygen atoms in total. The number of rotatable bonds is 3. The van der Waals surface area contributed by atoms with Gasteiger partial charge in [-0.25, -0.2) is 9.18 Å². The molecule has 0 unspecified atom stereocenters. The number of hydrogen-bond acceptors (Lipinski definition) is 2. The minimum absolute atomic E-state index is 0.0413. The van der Waals surface area contributed by atoms with Gasteiger partial charge in [-0.05, 0) is 42.8 Å². The number of halogens is 2. The highest BCUT2D eigenvalue weighted by atomic mass is 35.5. The van der Waals surface area contributed by atoms with Gasteiger partial charge in [0.05, 0.1) is 5.02 Å². The molecule has 0 spiro atoms. The van der Waals surface area contributed by atoms with Gasteiger partial charge in [0.15, 0.2) is 0 Å². The van der Waals surface area contributed by atoms with Crippen molar-refractivity contribution in [1.29, 1.82) is 0 Å². The number of carbonyl (C=O) groups is 1. The summed E-state index contributed by atoms with van der Waals surface area (Å²) in [6.45, 7) is 1.87. The lowest BCUT2D eigenvalue weighted by Crippen LogP contribution is -2.01. The quantitative estimate of drug-likeness (QED) is 0.913. The van der Waals surface area contributed by atoms with Crippen LogP contribution < -0.4 is 4.74 Å². The molecule has 2 aromatic carbocycles. The van der Waals surface area contributed by atoms with Crippen LogP contribution in [0.1, 0.15) is 15.9 Å². The van der Waals surface area contributed by atoms with Gasteiger partial charge >= 0.3 is 5.97 Å². The maximum absolute atomic E-state index is 13.0. The number of ether oxygens (including phenoxy) is 1. The van der Waals surface area contributed by atoms with Crippen molar-refractivity contribution in [3.05, 3.63) is 58.4 Å². The third kappa shape index (κ3) is 3.03. The first-order valence-electron chi connectivity index (χ1n) is 5.44. The van der Waals surface area contributed by atoms with Crippen molar-refractivity contribution in [3.63, 3.8) is 0 Å². The minimum Gasteiger partial charge on any atom is -0.478 e. The number of carboxylic acid groups (broad SMARTS) is 1. The van der Waals surface area contributed by atoms with Crippen molar-refractivity contribution in [2.45, 2.75) is 6.92 Å². The highest BCUT2D eigenvalue weighted by molar-refractivity contribution is 6.32. The van der Waals surface area contributed by atoms with Crippen LogP contribution in [0.3, 0.4) is 0 Å². The summed E-state index contributed by atoms with van der Waals surface area (Å²) in [5.41, 5.74) is 0.701. The van der Waals surface area contributed by atoms with Crippen molar-refractivity contribution in [2.24, 2.45) is 0 Å². The fourth-order valence-electron chi connectivity index (χ4n) is 1.57. The van der Waals surface area contributed by atoms with Crippen molar-refractivity contribution in [1.82, 2.24) is 0 Å². The number of benzene rings is 2. The molecule has 19 heavy (non-hydrogen) atoms. The van der Waals surface area contributed by atoms with Crippen LogP contribution >= 0.6 is 11.6 Å². The Morgan fingerprint density at radius 1 is 1.21 bits per heavy atom. The lowest BCUT2D eigenvalue weighted by atomic mass is 10.2. The second-order valence-electron chi connectivity index (χ2n) is 3.98. The van der Waals surface area contributed by atoms with E-state index in [0.717, 1.165) is 17.7 Å². The maximum Gasteiger partial charge on any atom is 0.339 e. The Morgan fingerprint density at radius 2 is 1.89 bits per heavy atom. The molecule has 0 fully saturated rings. The molecule has 0 aliphatic rings. The molecule has 2 aromatic rings. The summed E-state index contributed by atoms with van der Waals surface area (Å²) >= 11 is 6.00. The van der Waals surface area contributed by atoms with Crippen molar-refractivity contribution >= 4 is 17.6 Å². The SMILES string of the molecule is Cc1ccc(Oc2ccc(F)cc2C(=O)O)c(Cl)c1. The Labute approximate surface area is 114 Å². The molecule has 0 aliphatic carbocycles. The molecule has 0 radical (unpaired) electrons. The van der Waals surface area contributed by atoms with Gasteiger partial charge in [0.1, 0.15) is 22.9 Å². The van der Waals surface area contributed by atoms with Gasteiger partial charge in [0.25, 0.3) is 0 Å². The van der Waals surface area contributed by atoms with Crippen molar-refractivity contribution in [2.75, 3.05) is 0 Å². The Bertz CT molecular complexity index is 641. The van der Waals surface area contributed by atoms with Gasteiger partial charge in [-0.15, -0.1) is 0 Å². The Morgan fingerprint density at radius 3 is 2.53 bits per heavy atom. The third-order valence-electron chi connectivity index (χ3n) is 2.48. The van der Waals surface area contributed by atoms with Crippen LogP contribution in [-0.2, 0) is 0 Å². The first-order chi connectivity index (χ1) is 8.97. The first-order valence-corrected chi connectivity index (χ1v) is 5.82. The van der Waals surface area contributed by atoms with E-state index in [9.17, 15) is 9.18 Å². The van der Waals surface area contributed by atoms with Crippen LogP contribution in [0.5, 0.6) is 11.5 Å². The molecule has 0 saturated carbocycles. The van der Waals surface area contributed by atoms with Crippen LogP contribution in [0.2, 0.25) is 5.02 Å². The smallest absolute Gasteiger partial charge is 0.339 e. The fourth-order valence-corrected chi connectivity index (χ4v) is 1.84. The Hall–Kier alpha value is -2.07. The van der Waals surface area contributed by atoms with E-state index in [1.807, 2.05) is 6.92 Å². The topological polar surface area (TPSA) is 46.5 Å². The van der Waals surface area contributed by atoms with E-state index < -0.39 is 11.8 Å². The maximum atomic E-state index is 13.0. The third-order valence-corrected chi connectivity index (χ3v) is 2.77. The van der Waals surface area contributed by atoms with Gasteiger partial charge in [-0.1, -0.05) is 17.7 Å². The highest BCUT2D eigenvalue weighted by Gasteiger charge is 2.14. The van der Waals surface area contributed by atoms with Gasteiger partial charge in [-0.3, -0.25) is 0 Å². The summed E-state index contributed by atoms with van der Waals surface area (Å²) < 4.78 is 18.5. The summed E-state index contributed by atoms with van der Waals surface area (Å²) in [5.74, 6) is -1.54. The van der Waals surface area contributed by atoms with Crippen LogP contribution in [-0.4, -0.2) is 11.1 Å². The molecule has 0 atom stereocenters. The van der Waals surface area contributed by atoms with E-state index in [2.05, 4.69) is 0 Å². The standard InChI is InChI=1S/C14H10ClFO3/c1-8-2-4-13(11(15)6-8)19-12-5-3-9(16)7-10(12)14(17)18/h2-7H,1H3,(H,17,18). The second kappa shape index (κ2) is 5.28. The minimum atomic E-state index is -1.27. The molecular formula is C14H10ClFO3. The van der Waals surface area contributed by atoms with Crippen LogP contribution in [0.15, 0.2) is 36.4 Å². The molecule has 5 heteroatoms. The monoisotopic (exact) mass is 280 g/mol. The average molecular weight is 281 g/mol. The summed E-state index contributed by atoms with van der Waals surface area (Å²) in [6, 6.07) is 8.40. The van der Waals surface area contributed by atoms with Gasteiger partial charge in [0, 0.05) is 0 Å². The molecule has 0 heterocycles. The van der Waals surface area contributed by atoms with Crippen LogP contribution in [0.4, 0.5) is 4.39 Å². The average Bonchev–Trinajstić information content (AvgIpc) is 2.34. The zero-order chi connectivity index (χ0) is 14.0. The van der Waals surface area contributed by atoms with Gasteiger partial charge in [0.2, 0.25) is 0 Å². The van der Waals surface area contributed by atoms with Crippen LogP contribution in [0, 0.1) is 12.7 Å². The molecule has 98 valence electrons. The van der Waals surface area contributed by atoms with E-state index >= 15 is 0 Å². The predicted molar refractivity (Wildman–Crippen MR) is 69.6 cm³/mol. The van der Waals surface area contributed by atoms with E-state index in [1.54, 1.807) is 18.2 Å². The summed E-state index contributed by atoms with van der Waals surface area (Å²) in [6.07, 6.45) is 0. The van der Waals surface area contributed by atoms with Crippen molar-refractivity contribution in [3.8, 4) is 11.5 Å². The molecule has 0 aliphatic heterocycles. The lowest BCUT2D eigenvalue weighted by Gasteiger charge is -2.10. The Kier molecular flexibility index (Phi) is 3.71. The lowest BCUT2D eigenvalue weighted by molar-refractivity contribution is 0.0693. The largest absolute Gasteiger partial charge is 0.478 e. The van der Waals surface area contributed by atoms with E-state index in [1.165, 1.54) is 6.07 Å². The number of aromatic carboxylic acids is 1. The summed E-state index contributed by atoms with van der Waals surface area (Å²) in [5, 5.41) is 9.36. The number of hydrogen-bond donors (Lipinski definition) is 1. The second-order valence-corrected chi connectivity index (χ2v) is 4.39. The molecule has 0 amide bonds. The fraction of sp³-hybridized carbons (Fsp3) is 0.0714. The molecule has 2 rings (SSSR count). The first kappa shape index (κ1) is 13.4. The van der Waals surface area contributed by atoms with Crippen LogP contribution in [0.25, 0.3) is 0 Å². The zero-order valence-corrected chi connectivity index (χ0v) is 10.7. The molecule has 0 bridgehead atoms. The number of aryl methyl sites for hydroxylation is 1. The summed E-state index contributed by atoms with van der Waals surface area (Å²) in [7, 11) is 0. The van der Waals surface area contributed by atoms with Crippen molar-refractivity contribution < 1.29 is 19.0 Å². The molecule has 1 N–H and O–H groups in total. The van der Waals surface area contributed by atoms with Gasteiger partial charge in [-0.2, -0.15) is 0 Å².